The van der Waals surface area contributed by atoms with Crippen molar-refractivity contribution in [3.63, 3.8) is 0 Å². The Balaban J connectivity index is 0.000000189. The second kappa shape index (κ2) is 17.0. The fraction of sp³-hybridized carbons (Fsp3) is 0.364. The van der Waals surface area contributed by atoms with Gasteiger partial charge in [0.15, 0.2) is 22.9 Å². The number of fused-ring (bicyclic) bond motifs is 8. The normalized spacial score (nSPS) is 20.0. The molecule has 4 aromatic rings. The molecule has 4 aliphatic rings. The van der Waals surface area contributed by atoms with Crippen LogP contribution in [0.5, 0.6) is 11.5 Å². The van der Waals surface area contributed by atoms with Gasteiger partial charge in [0, 0.05) is 54.7 Å². The fourth-order valence-corrected chi connectivity index (χ4v) is 8.03. The van der Waals surface area contributed by atoms with Crippen molar-refractivity contribution in [1.82, 2.24) is 29.8 Å². The third-order valence-electron chi connectivity index (χ3n) is 11.9. The summed E-state index contributed by atoms with van der Waals surface area (Å²) in [7, 11) is 0. The van der Waals surface area contributed by atoms with Crippen molar-refractivity contribution >= 4 is 23.6 Å². The molecule has 0 aliphatic carbocycles. The van der Waals surface area contributed by atoms with Gasteiger partial charge in [-0.1, -0.05) is 24.3 Å². The van der Waals surface area contributed by atoms with Gasteiger partial charge in [-0.15, -0.1) is 0 Å². The number of halogens is 3. The summed E-state index contributed by atoms with van der Waals surface area (Å²) < 4.78 is 44.9. The van der Waals surface area contributed by atoms with Crippen molar-refractivity contribution in [2.75, 3.05) is 23.4 Å². The van der Waals surface area contributed by atoms with Gasteiger partial charge in [-0.3, -0.25) is 48.1 Å². The molecule has 0 radical (unpaired) electrons. The van der Waals surface area contributed by atoms with E-state index in [1.807, 2.05) is 39.8 Å². The van der Waals surface area contributed by atoms with Crippen LogP contribution in [0.1, 0.15) is 104 Å². The summed E-state index contributed by atoms with van der Waals surface area (Å²) in [6.07, 6.45) is 7.79. The smallest absolute Gasteiger partial charge is 0.278 e. The first-order valence-electron chi connectivity index (χ1n) is 20.4. The first kappa shape index (κ1) is 44.0. The lowest BCUT2D eigenvalue weighted by Crippen LogP contribution is -2.57. The molecule has 1 saturated heterocycles. The van der Waals surface area contributed by atoms with Gasteiger partial charge in [-0.2, -0.15) is 0 Å². The van der Waals surface area contributed by atoms with Gasteiger partial charge in [0.2, 0.25) is 10.9 Å². The molecule has 16 nitrogen and oxygen atoms in total. The van der Waals surface area contributed by atoms with E-state index in [-0.39, 0.29) is 72.1 Å². The predicted molar refractivity (Wildman–Crippen MR) is 224 cm³/mol. The molecule has 2 aromatic carbocycles. The average molecular weight is 873 g/mol. The second-order valence-corrected chi connectivity index (χ2v) is 16.3. The van der Waals surface area contributed by atoms with Crippen LogP contribution in [0.3, 0.4) is 0 Å². The van der Waals surface area contributed by atoms with E-state index in [1.165, 1.54) is 32.7 Å². The number of hydrogen-bond acceptors (Lipinski definition) is 10. The molecular formula is C44H47F3N8O8. The molecule has 8 rings (SSSR count). The highest BCUT2D eigenvalue weighted by atomic mass is 19.1. The zero-order valence-electron chi connectivity index (χ0n) is 35.4. The number of benzene rings is 2. The lowest BCUT2D eigenvalue weighted by Gasteiger charge is -2.41. The largest absolute Gasteiger partial charge is 0.502 e. The van der Waals surface area contributed by atoms with E-state index in [0.29, 0.717) is 5.56 Å². The number of aryl methyl sites for hydroxylation is 2. The molecule has 1 fully saturated rings. The van der Waals surface area contributed by atoms with Crippen molar-refractivity contribution in [2.24, 2.45) is 0 Å². The van der Waals surface area contributed by atoms with Crippen LogP contribution in [-0.2, 0) is 13.1 Å². The number of nitrogens with one attached hydrogen (secondary N) is 2. The van der Waals surface area contributed by atoms with Crippen LogP contribution in [0.2, 0.25) is 0 Å². The van der Waals surface area contributed by atoms with Crippen molar-refractivity contribution in [2.45, 2.75) is 91.6 Å². The van der Waals surface area contributed by atoms with E-state index in [9.17, 15) is 52.2 Å². The molecule has 4 N–H and O–H groups in total. The monoisotopic (exact) mass is 872 g/mol. The zero-order chi connectivity index (χ0) is 45.8. The highest BCUT2D eigenvalue weighted by Crippen LogP contribution is 2.30. The number of rotatable bonds is 6. The molecule has 4 atom stereocenters. The van der Waals surface area contributed by atoms with Crippen LogP contribution in [0.25, 0.3) is 0 Å². The minimum absolute atomic E-state index is 0.0251. The molecule has 332 valence electrons. The number of aromatic nitrogens is 2. The van der Waals surface area contributed by atoms with Gasteiger partial charge in [0.25, 0.3) is 23.6 Å². The van der Waals surface area contributed by atoms with E-state index >= 15 is 0 Å². The number of amides is 4. The van der Waals surface area contributed by atoms with Crippen molar-refractivity contribution in [3.8, 4) is 11.5 Å². The predicted octanol–water partition coefficient (Wildman–Crippen LogP) is 3.62. The van der Waals surface area contributed by atoms with E-state index in [1.54, 1.807) is 40.9 Å². The maximum Gasteiger partial charge on any atom is 0.278 e. The van der Waals surface area contributed by atoms with Gasteiger partial charge < -0.3 is 30.6 Å². The molecule has 0 unspecified atom stereocenters. The minimum atomic E-state index is -1.02. The SMILES string of the molecule is Cc1cc(F)c(CNC(=O)c2cn3c(c(O)c2=O)C(=O)N2CN3[C@@H](C)CC[C@@H]2C)c(F)c1.Cc1ccc(CNC(=O)c2cn3c(c(O)c2=O)C(=O)N2CN3[C@H](C)C=C[C@H]2C)c(F)c1. The van der Waals surface area contributed by atoms with E-state index < -0.39 is 75.5 Å². The summed E-state index contributed by atoms with van der Waals surface area (Å²) in [6, 6.07) is 6.45. The topological polar surface area (TPSA) is 190 Å². The first-order chi connectivity index (χ1) is 29.8. The Bertz CT molecular complexity index is 2700. The van der Waals surface area contributed by atoms with Gasteiger partial charge in [-0.05, 0) is 83.7 Å². The molecule has 6 heterocycles. The van der Waals surface area contributed by atoms with Crippen LogP contribution < -0.4 is 31.5 Å². The summed E-state index contributed by atoms with van der Waals surface area (Å²) in [5.41, 5.74) is -2.03. The molecule has 63 heavy (non-hydrogen) atoms. The number of nitrogens with zero attached hydrogens (tertiary/aromatic N) is 6. The summed E-state index contributed by atoms with van der Waals surface area (Å²) in [4.78, 5) is 79.9. The number of hydrogen-bond donors (Lipinski definition) is 4. The second-order valence-electron chi connectivity index (χ2n) is 16.3. The molecule has 0 spiro atoms. The van der Waals surface area contributed by atoms with E-state index in [2.05, 4.69) is 10.6 Å². The number of carbonyl (C=O) groups excluding carboxylic acids is 4. The Labute approximate surface area is 359 Å². The van der Waals surface area contributed by atoms with Crippen molar-refractivity contribution in [3.05, 3.63) is 138 Å². The third-order valence-corrected chi connectivity index (χ3v) is 11.9. The quantitative estimate of drug-likeness (QED) is 0.209. The molecular weight excluding hydrogens is 826 g/mol. The number of pyridine rings is 2. The minimum Gasteiger partial charge on any atom is -0.502 e. The van der Waals surface area contributed by atoms with Crippen LogP contribution in [0.4, 0.5) is 13.2 Å². The maximum absolute atomic E-state index is 14.1. The number of carbonyl (C=O) groups is 4. The molecule has 4 bridgehead atoms. The highest BCUT2D eigenvalue weighted by molar-refractivity contribution is 6.00. The standard InChI is InChI=1S/C22H24F2N4O4.C22H23FN4O4/c1-11-6-16(23)14(17(24)7-11)8-25-21(31)15-9-27-18(20(30)19(15)29)22(32)26-10-28(27)13(3)5-4-12(26)2;1-12-4-7-15(17(23)8-12)9-24-21(30)16-10-26-18(20(29)19(16)28)22(31)25-11-27(26)14(3)6-5-13(25)2/h6-7,9,12-13,30H,4-5,8,10H2,1-3H3,(H,25,31);4-8,10,13-14,29H,9,11H2,1-3H3,(H,24,30)/t12-,13-;13-,14-/m01/s1. The molecule has 4 amide bonds. The highest BCUT2D eigenvalue weighted by Gasteiger charge is 2.41. The Morgan fingerprint density at radius 3 is 1.73 bits per heavy atom. The van der Waals surface area contributed by atoms with Crippen LogP contribution in [0.15, 0.2) is 64.5 Å². The van der Waals surface area contributed by atoms with Crippen molar-refractivity contribution < 1.29 is 42.6 Å². The van der Waals surface area contributed by atoms with Gasteiger partial charge in [-0.25, -0.2) is 13.2 Å². The van der Waals surface area contributed by atoms with Crippen LogP contribution in [-0.4, -0.2) is 90.5 Å². The molecule has 19 heteroatoms. The van der Waals surface area contributed by atoms with Gasteiger partial charge in [0.1, 0.15) is 41.9 Å². The van der Waals surface area contributed by atoms with Gasteiger partial charge in [0.05, 0.1) is 6.04 Å². The molecule has 4 aliphatic heterocycles. The Morgan fingerprint density at radius 2 is 1.14 bits per heavy atom. The van der Waals surface area contributed by atoms with Crippen LogP contribution in [0, 0.1) is 31.3 Å². The molecule has 0 saturated carbocycles. The van der Waals surface area contributed by atoms with E-state index in [0.717, 1.165) is 30.5 Å². The number of aromatic hydroxyl groups is 2. The third kappa shape index (κ3) is 8.10. The summed E-state index contributed by atoms with van der Waals surface area (Å²) in [5.74, 6) is -6.37. The summed E-state index contributed by atoms with van der Waals surface area (Å²) in [6.45, 7) is 10.8. The van der Waals surface area contributed by atoms with Gasteiger partial charge >= 0.3 is 0 Å². The Hall–Kier alpha value is -7.05. The summed E-state index contributed by atoms with van der Waals surface area (Å²) in [5, 5.41) is 29.5. The lowest BCUT2D eigenvalue weighted by atomic mass is 10.1. The zero-order valence-corrected chi connectivity index (χ0v) is 35.4. The fourth-order valence-electron chi connectivity index (χ4n) is 8.03. The average Bonchev–Trinajstić information content (AvgIpc) is 3.45. The van der Waals surface area contributed by atoms with Crippen molar-refractivity contribution in [1.29, 1.82) is 0 Å². The van der Waals surface area contributed by atoms with E-state index in [4.69, 9.17) is 0 Å². The van der Waals surface area contributed by atoms with Crippen LogP contribution >= 0.6 is 0 Å². The lowest BCUT2D eigenvalue weighted by molar-refractivity contribution is 0.0625. The maximum atomic E-state index is 14.1. The summed E-state index contributed by atoms with van der Waals surface area (Å²) >= 11 is 0. The molecule has 2 aromatic heterocycles. The Kier molecular flexibility index (Phi) is 11.9. The first-order valence-corrected chi connectivity index (χ1v) is 20.4. The Morgan fingerprint density at radius 1 is 0.651 bits per heavy atom.